The first kappa shape index (κ1) is 11.9. The first-order valence-corrected chi connectivity index (χ1v) is 5.87. The van der Waals surface area contributed by atoms with Crippen molar-refractivity contribution >= 4 is 17.1 Å². The van der Waals surface area contributed by atoms with E-state index >= 15 is 0 Å². The maximum atomic E-state index is 12.2. The van der Waals surface area contributed by atoms with Gasteiger partial charge in [-0.2, -0.15) is 10.4 Å². The third-order valence-corrected chi connectivity index (χ3v) is 2.84. The van der Waals surface area contributed by atoms with Crippen molar-refractivity contribution in [3.8, 4) is 6.07 Å². The molecule has 1 N–H and O–H groups in total. The zero-order chi connectivity index (χ0) is 13.9. The molecule has 0 aliphatic rings. The average Bonchev–Trinajstić information content (AvgIpc) is 2.92. The van der Waals surface area contributed by atoms with Crippen LogP contribution in [0, 0.1) is 11.3 Å². The molecule has 2 aromatic heterocycles. The Labute approximate surface area is 114 Å². The maximum absolute atomic E-state index is 12.2. The summed E-state index contributed by atoms with van der Waals surface area (Å²) in [4.78, 5) is 16.2. The Morgan fingerprint density at radius 3 is 2.80 bits per heavy atom. The van der Waals surface area contributed by atoms with Crippen molar-refractivity contribution in [2.75, 3.05) is 5.32 Å². The summed E-state index contributed by atoms with van der Waals surface area (Å²) in [7, 11) is 0. The number of carbonyl (C=O) groups is 1. The monoisotopic (exact) mass is 263 g/mol. The van der Waals surface area contributed by atoms with Crippen molar-refractivity contribution in [2.45, 2.75) is 0 Å². The van der Waals surface area contributed by atoms with Crippen LogP contribution in [0.25, 0.3) is 5.52 Å². The molecule has 0 fully saturated rings. The van der Waals surface area contributed by atoms with Crippen LogP contribution in [0.3, 0.4) is 0 Å². The van der Waals surface area contributed by atoms with Crippen molar-refractivity contribution in [3.63, 3.8) is 0 Å². The van der Waals surface area contributed by atoms with E-state index in [1.54, 1.807) is 47.4 Å². The molecule has 96 valence electrons. The summed E-state index contributed by atoms with van der Waals surface area (Å²) in [6, 6.07) is 8.68. The number of carbonyl (C=O) groups excluding carboxylic acids is 1. The van der Waals surface area contributed by atoms with Gasteiger partial charge in [-0.1, -0.05) is 0 Å². The Bertz CT molecular complexity index is 813. The Morgan fingerprint density at radius 1 is 1.25 bits per heavy atom. The highest BCUT2D eigenvalue weighted by atomic mass is 16.1. The van der Waals surface area contributed by atoms with Gasteiger partial charge < -0.3 is 5.32 Å². The lowest BCUT2D eigenvalue weighted by atomic mass is 10.2. The number of benzene rings is 1. The predicted octanol–water partition coefficient (Wildman–Crippen LogP) is 1.85. The molecule has 0 saturated heterocycles. The molecule has 0 atom stereocenters. The summed E-state index contributed by atoms with van der Waals surface area (Å²) in [6.45, 7) is 0. The van der Waals surface area contributed by atoms with Gasteiger partial charge >= 0.3 is 0 Å². The van der Waals surface area contributed by atoms with Crippen LogP contribution in [0.4, 0.5) is 5.69 Å². The molecule has 0 saturated carbocycles. The average molecular weight is 263 g/mol. The summed E-state index contributed by atoms with van der Waals surface area (Å²) >= 11 is 0. The third-order valence-electron chi connectivity index (χ3n) is 2.84. The van der Waals surface area contributed by atoms with Crippen molar-refractivity contribution < 1.29 is 4.79 Å². The Kier molecular flexibility index (Phi) is 2.86. The number of aromatic nitrogens is 3. The van der Waals surface area contributed by atoms with Crippen molar-refractivity contribution in [1.82, 2.24) is 14.6 Å². The summed E-state index contributed by atoms with van der Waals surface area (Å²) in [5, 5.41) is 15.6. The van der Waals surface area contributed by atoms with E-state index in [2.05, 4.69) is 15.4 Å². The lowest BCUT2D eigenvalue weighted by Gasteiger charge is -2.03. The smallest absolute Gasteiger partial charge is 0.259 e. The van der Waals surface area contributed by atoms with E-state index in [-0.39, 0.29) is 5.91 Å². The number of fused-ring (bicyclic) bond motifs is 1. The van der Waals surface area contributed by atoms with Gasteiger partial charge in [0.2, 0.25) is 0 Å². The lowest BCUT2D eigenvalue weighted by molar-refractivity contribution is 0.102. The molecule has 2 heterocycles. The third kappa shape index (κ3) is 2.08. The van der Waals surface area contributed by atoms with Crippen LogP contribution in [-0.4, -0.2) is 20.5 Å². The van der Waals surface area contributed by atoms with Gasteiger partial charge in [0.15, 0.2) is 0 Å². The predicted molar refractivity (Wildman–Crippen MR) is 72.1 cm³/mol. The molecule has 0 aliphatic carbocycles. The highest BCUT2D eigenvalue weighted by molar-refractivity contribution is 6.08. The molecular formula is C14H9N5O. The number of hydrogen-bond donors (Lipinski definition) is 1. The van der Waals surface area contributed by atoms with Gasteiger partial charge in [0.05, 0.1) is 35.1 Å². The molecule has 1 amide bonds. The SMILES string of the molecule is N#Cc1ccc(NC(=O)c2cnn3ccncc23)cc1. The fourth-order valence-electron chi connectivity index (χ4n) is 1.84. The molecule has 0 radical (unpaired) electrons. The van der Waals surface area contributed by atoms with E-state index in [1.165, 1.54) is 6.20 Å². The van der Waals surface area contributed by atoms with Crippen LogP contribution in [0.1, 0.15) is 15.9 Å². The van der Waals surface area contributed by atoms with Crippen molar-refractivity contribution in [1.29, 1.82) is 5.26 Å². The zero-order valence-corrected chi connectivity index (χ0v) is 10.3. The fraction of sp³-hybridized carbons (Fsp3) is 0. The molecule has 0 unspecified atom stereocenters. The molecule has 0 aliphatic heterocycles. The molecule has 1 aromatic carbocycles. The second-order valence-corrected chi connectivity index (χ2v) is 4.11. The quantitative estimate of drug-likeness (QED) is 0.764. The largest absolute Gasteiger partial charge is 0.322 e. The topological polar surface area (TPSA) is 83.1 Å². The molecular weight excluding hydrogens is 254 g/mol. The molecule has 6 heteroatoms. The minimum absolute atomic E-state index is 0.266. The number of rotatable bonds is 2. The Morgan fingerprint density at radius 2 is 2.05 bits per heavy atom. The van der Waals surface area contributed by atoms with Crippen molar-refractivity contribution in [2.24, 2.45) is 0 Å². The molecule has 6 nitrogen and oxygen atoms in total. The van der Waals surface area contributed by atoms with E-state index in [1.807, 2.05) is 6.07 Å². The van der Waals surface area contributed by atoms with Gasteiger partial charge in [0, 0.05) is 18.1 Å². The standard InChI is InChI=1S/C14H9N5O/c15-7-10-1-3-11(4-2-10)18-14(20)12-8-17-19-6-5-16-9-13(12)19/h1-6,8-9H,(H,18,20). The first-order chi connectivity index (χ1) is 9.78. The Balaban J connectivity index is 1.87. The molecule has 3 aromatic rings. The van der Waals surface area contributed by atoms with Crippen LogP contribution < -0.4 is 5.32 Å². The van der Waals surface area contributed by atoms with E-state index in [0.29, 0.717) is 22.3 Å². The second kappa shape index (κ2) is 4.82. The van der Waals surface area contributed by atoms with Gasteiger partial charge in [-0.25, -0.2) is 4.52 Å². The van der Waals surface area contributed by atoms with Gasteiger partial charge in [0.25, 0.3) is 5.91 Å². The van der Waals surface area contributed by atoms with Crippen LogP contribution in [0.5, 0.6) is 0 Å². The maximum Gasteiger partial charge on any atom is 0.259 e. The number of nitriles is 1. The Hall–Kier alpha value is -3.20. The first-order valence-electron chi connectivity index (χ1n) is 5.87. The van der Waals surface area contributed by atoms with Crippen LogP contribution in [-0.2, 0) is 0 Å². The number of anilines is 1. The van der Waals surface area contributed by atoms with Crippen LogP contribution in [0.2, 0.25) is 0 Å². The van der Waals surface area contributed by atoms with Crippen LogP contribution >= 0.6 is 0 Å². The number of nitrogens with zero attached hydrogens (tertiary/aromatic N) is 4. The molecule has 0 spiro atoms. The lowest BCUT2D eigenvalue weighted by Crippen LogP contribution is -2.11. The highest BCUT2D eigenvalue weighted by Crippen LogP contribution is 2.13. The fourth-order valence-corrected chi connectivity index (χ4v) is 1.84. The minimum atomic E-state index is -0.266. The number of amides is 1. The number of hydrogen-bond acceptors (Lipinski definition) is 4. The number of nitrogens with one attached hydrogen (secondary N) is 1. The van der Waals surface area contributed by atoms with Gasteiger partial charge in [-0.15, -0.1) is 0 Å². The van der Waals surface area contributed by atoms with Gasteiger partial charge in [0.1, 0.15) is 0 Å². The second-order valence-electron chi connectivity index (χ2n) is 4.11. The molecule has 3 rings (SSSR count). The van der Waals surface area contributed by atoms with E-state index in [0.717, 1.165) is 0 Å². The van der Waals surface area contributed by atoms with Crippen molar-refractivity contribution in [3.05, 3.63) is 60.2 Å². The summed E-state index contributed by atoms with van der Waals surface area (Å²) in [5.41, 5.74) is 2.25. The summed E-state index contributed by atoms with van der Waals surface area (Å²) in [5.74, 6) is -0.266. The van der Waals surface area contributed by atoms with Crippen LogP contribution in [0.15, 0.2) is 49.1 Å². The van der Waals surface area contributed by atoms with E-state index in [4.69, 9.17) is 5.26 Å². The van der Waals surface area contributed by atoms with Gasteiger partial charge in [-0.05, 0) is 24.3 Å². The summed E-state index contributed by atoms with van der Waals surface area (Å²) < 4.78 is 1.58. The van der Waals surface area contributed by atoms with Gasteiger partial charge in [-0.3, -0.25) is 9.78 Å². The van der Waals surface area contributed by atoms with E-state index < -0.39 is 0 Å². The normalized spacial score (nSPS) is 10.2. The highest BCUT2D eigenvalue weighted by Gasteiger charge is 2.12. The summed E-state index contributed by atoms with van der Waals surface area (Å²) in [6.07, 6.45) is 6.35. The molecule has 0 bridgehead atoms. The molecule has 20 heavy (non-hydrogen) atoms. The zero-order valence-electron chi connectivity index (χ0n) is 10.3. The minimum Gasteiger partial charge on any atom is -0.322 e. The van der Waals surface area contributed by atoms with E-state index in [9.17, 15) is 4.79 Å².